The molecule has 0 radical (unpaired) electrons. The maximum atomic E-state index is 12.2. The van der Waals surface area contributed by atoms with Gasteiger partial charge in [-0.15, -0.1) is 0 Å². The highest BCUT2D eigenvalue weighted by Gasteiger charge is 2.14. The molecule has 0 saturated carbocycles. The average molecular weight is 416 g/mol. The fourth-order valence-corrected chi connectivity index (χ4v) is 3.35. The molecule has 2 rings (SSSR count). The number of esters is 1. The van der Waals surface area contributed by atoms with Crippen molar-refractivity contribution >= 4 is 33.7 Å². The molecule has 2 aromatic rings. The first-order valence-electron chi connectivity index (χ1n) is 9.15. The van der Waals surface area contributed by atoms with Gasteiger partial charge < -0.3 is 9.64 Å². The van der Waals surface area contributed by atoms with Crippen LogP contribution in [-0.4, -0.2) is 44.9 Å². The number of likely N-dealkylation sites (N-methyl/N-ethyl adjacent to an activating group) is 1. The van der Waals surface area contributed by atoms with E-state index in [0.29, 0.717) is 18.8 Å². The number of hydrogen-bond donors (Lipinski definition) is 1. The Morgan fingerprint density at radius 2 is 1.62 bits per heavy atom. The van der Waals surface area contributed by atoms with Gasteiger partial charge in [-0.2, -0.15) is 0 Å². The van der Waals surface area contributed by atoms with E-state index in [0.717, 1.165) is 11.0 Å². The lowest BCUT2D eigenvalue weighted by Gasteiger charge is -2.18. The molecule has 0 bridgehead atoms. The molecule has 0 aromatic heterocycles. The largest absolute Gasteiger partial charge is 0.452 e. The van der Waals surface area contributed by atoms with Gasteiger partial charge in [0, 0.05) is 18.8 Å². The summed E-state index contributed by atoms with van der Waals surface area (Å²) in [4.78, 5) is 25.5. The van der Waals surface area contributed by atoms with Crippen molar-refractivity contribution in [1.29, 1.82) is 0 Å². The van der Waals surface area contributed by atoms with Crippen LogP contribution in [-0.2, 0) is 19.6 Å². The minimum Gasteiger partial charge on any atom is -0.452 e. The molecule has 0 spiro atoms. The van der Waals surface area contributed by atoms with E-state index in [1.165, 1.54) is 30.3 Å². The zero-order valence-electron chi connectivity index (χ0n) is 16.4. The van der Waals surface area contributed by atoms with E-state index in [1.807, 2.05) is 32.0 Å². The Bertz CT molecular complexity index is 950. The van der Waals surface area contributed by atoms with Crippen LogP contribution in [0.4, 0.5) is 5.69 Å². The summed E-state index contributed by atoms with van der Waals surface area (Å²) in [5.41, 5.74) is 1.29. The lowest BCUT2D eigenvalue weighted by molar-refractivity contribution is -0.134. The minimum absolute atomic E-state index is 0.222. The molecule has 29 heavy (non-hydrogen) atoms. The van der Waals surface area contributed by atoms with Gasteiger partial charge in [-0.1, -0.05) is 30.3 Å². The SMILES string of the molecule is CCN(CC)C(=O)COC(=O)c1ccc(NS(=O)(=O)/C=C/c2ccccc2)cc1. The highest BCUT2D eigenvalue weighted by Crippen LogP contribution is 2.14. The highest BCUT2D eigenvalue weighted by atomic mass is 32.2. The summed E-state index contributed by atoms with van der Waals surface area (Å²) >= 11 is 0. The zero-order chi connectivity index (χ0) is 21.3. The third kappa shape index (κ3) is 7.08. The number of amides is 1. The van der Waals surface area contributed by atoms with Crippen molar-refractivity contribution < 1.29 is 22.7 Å². The smallest absolute Gasteiger partial charge is 0.338 e. The zero-order valence-corrected chi connectivity index (χ0v) is 17.2. The van der Waals surface area contributed by atoms with E-state index in [1.54, 1.807) is 17.0 Å². The lowest BCUT2D eigenvalue weighted by Crippen LogP contribution is -2.34. The minimum atomic E-state index is -3.70. The fourth-order valence-electron chi connectivity index (χ4n) is 2.48. The van der Waals surface area contributed by atoms with E-state index in [-0.39, 0.29) is 18.1 Å². The molecule has 0 fully saturated rings. The monoisotopic (exact) mass is 416 g/mol. The Morgan fingerprint density at radius 3 is 2.21 bits per heavy atom. The second-order valence-corrected chi connectivity index (χ2v) is 7.65. The third-order valence-corrected chi connectivity index (χ3v) is 5.08. The number of nitrogens with one attached hydrogen (secondary N) is 1. The second-order valence-electron chi connectivity index (χ2n) is 6.08. The molecular weight excluding hydrogens is 392 g/mol. The summed E-state index contributed by atoms with van der Waals surface area (Å²) in [6.45, 7) is 4.44. The highest BCUT2D eigenvalue weighted by molar-refractivity contribution is 7.95. The third-order valence-electron chi connectivity index (χ3n) is 4.06. The maximum Gasteiger partial charge on any atom is 0.338 e. The van der Waals surface area contributed by atoms with Crippen LogP contribution < -0.4 is 4.72 Å². The van der Waals surface area contributed by atoms with Gasteiger partial charge in [0.1, 0.15) is 0 Å². The molecule has 0 heterocycles. The summed E-state index contributed by atoms with van der Waals surface area (Å²) in [5.74, 6) is -0.915. The van der Waals surface area contributed by atoms with Crippen LogP contribution >= 0.6 is 0 Å². The fraction of sp³-hybridized carbons (Fsp3) is 0.238. The number of benzene rings is 2. The first-order chi connectivity index (χ1) is 13.8. The van der Waals surface area contributed by atoms with Crippen LogP contribution in [0.25, 0.3) is 6.08 Å². The number of rotatable bonds is 9. The van der Waals surface area contributed by atoms with Crippen LogP contribution in [0.5, 0.6) is 0 Å². The second kappa shape index (κ2) is 10.4. The van der Waals surface area contributed by atoms with Crippen molar-refractivity contribution in [2.45, 2.75) is 13.8 Å². The topological polar surface area (TPSA) is 92.8 Å². The van der Waals surface area contributed by atoms with Gasteiger partial charge in [0.2, 0.25) is 0 Å². The van der Waals surface area contributed by atoms with Gasteiger partial charge in [0.25, 0.3) is 15.9 Å². The Morgan fingerprint density at radius 1 is 1.00 bits per heavy atom. The van der Waals surface area contributed by atoms with Crippen molar-refractivity contribution in [2.75, 3.05) is 24.4 Å². The molecule has 7 nitrogen and oxygen atoms in total. The number of carbonyl (C=O) groups excluding carboxylic acids is 2. The molecule has 0 unspecified atom stereocenters. The van der Waals surface area contributed by atoms with E-state index in [4.69, 9.17) is 4.74 Å². The molecule has 1 amide bonds. The van der Waals surface area contributed by atoms with E-state index < -0.39 is 16.0 Å². The molecule has 1 N–H and O–H groups in total. The van der Waals surface area contributed by atoms with Gasteiger partial charge in [0.15, 0.2) is 6.61 Å². The first kappa shape index (κ1) is 22.2. The molecule has 0 saturated heterocycles. The van der Waals surface area contributed by atoms with E-state index in [2.05, 4.69) is 4.72 Å². The predicted molar refractivity (Wildman–Crippen MR) is 113 cm³/mol. The normalized spacial score (nSPS) is 11.2. The lowest BCUT2D eigenvalue weighted by atomic mass is 10.2. The first-order valence-corrected chi connectivity index (χ1v) is 10.7. The maximum absolute atomic E-state index is 12.2. The summed E-state index contributed by atoms with van der Waals surface area (Å²) in [6.07, 6.45) is 1.49. The van der Waals surface area contributed by atoms with Crippen molar-refractivity contribution in [2.24, 2.45) is 0 Å². The quantitative estimate of drug-likeness (QED) is 0.634. The molecule has 0 atom stereocenters. The Balaban J connectivity index is 1.94. The van der Waals surface area contributed by atoms with Crippen LogP contribution in [0, 0.1) is 0 Å². The Hall–Kier alpha value is -3.13. The number of carbonyl (C=O) groups is 2. The number of anilines is 1. The van der Waals surface area contributed by atoms with E-state index in [9.17, 15) is 18.0 Å². The van der Waals surface area contributed by atoms with Gasteiger partial charge in [-0.05, 0) is 49.8 Å². The molecule has 154 valence electrons. The molecule has 8 heteroatoms. The molecule has 0 aliphatic carbocycles. The summed E-state index contributed by atoms with van der Waals surface area (Å²) in [5, 5.41) is 1.07. The Labute approximate surface area is 171 Å². The van der Waals surface area contributed by atoms with Crippen LogP contribution in [0.15, 0.2) is 60.0 Å². The number of sulfonamides is 1. The van der Waals surface area contributed by atoms with E-state index >= 15 is 0 Å². The van der Waals surface area contributed by atoms with Crippen molar-refractivity contribution in [3.8, 4) is 0 Å². The number of nitrogens with zero attached hydrogens (tertiary/aromatic N) is 1. The summed E-state index contributed by atoms with van der Waals surface area (Å²) in [7, 11) is -3.70. The van der Waals surface area contributed by atoms with Crippen LogP contribution in [0.3, 0.4) is 0 Å². The van der Waals surface area contributed by atoms with Gasteiger partial charge >= 0.3 is 5.97 Å². The molecule has 2 aromatic carbocycles. The predicted octanol–water partition coefficient (Wildman–Crippen LogP) is 3.12. The number of ether oxygens (including phenoxy) is 1. The Kier molecular flexibility index (Phi) is 7.97. The summed E-state index contributed by atoms with van der Waals surface area (Å²) < 4.78 is 31.7. The standard InChI is InChI=1S/C21H24N2O5S/c1-3-23(4-2)20(24)16-28-21(25)18-10-12-19(13-11-18)22-29(26,27)15-14-17-8-6-5-7-9-17/h5-15,22H,3-4,16H2,1-2H3/b15-14+. The van der Waals surface area contributed by atoms with Crippen LogP contribution in [0.1, 0.15) is 29.8 Å². The van der Waals surface area contributed by atoms with Gasteiger partial charge in [0.05, 0.1) is 11.0 Å². The average Bonchev–Trinajstić information content (AvgIpc) is 2.72. The number of hydrogen-bond acceptors (Lipinski definition) is 5. The molecule has 0 aliphatic rings. The van der Waals surface area contributed by atoms with Crippen LogP contribution in [0.2, 0.25) is 0 Å². The van der Waals surface area contributed by atoms with Gasteiger partial charge in [-0.25, -0.2) is 13.2 Å². The van der Waals surface area contributed by atoms with Crippen molar-refractivity contribution in [1.82, 2.24) is 4.90 Å². The molecule has 0 aliphatic heterocycles. The molecular formula is C21H24N2O5S. The van der Waals surface area contributed by atoms with Gasteiger partial charge in [-0.3, -0.25) is 9.52 Å². The van der Waals surface area contributed by atoms with Crippen molar-refractivity contribution in [3.05, 3.63) is 71.1 Å². The van der Waals surface area contributed by atoms with Crippen molar-refractivity contribution in [3.63, 3.8) is 0 Å². The summed E-state index contributed by atoms with van der Waals surface area (Å²) in [6, 6.07) is 14.8.